The molecule has 184 valence electrons. The zero-order valence-corrected chi connectivity index (χ0v) is 18.1. The monoisotopic (exact) mass is 480 g/mol. The SMILES string of the molecule is CC(C)N/C=C(/CN1CCN(C(=O)OC(C(F)(F)F)C(F)(F)F)CC1)C(=N)c1ccccc1. The lowest BCUT2D eigenvalue weighted by Gasteiger charge is -2.35. The van der Waals surface area contributed by atoms with Crippen molar-refractivity contribution in [1.82, 2.24) is 15.1 Å². The number of hydrogen-bond acceptors (Lipinski definition) is 5. The fourth-order valence-electron chi connectivity index (χ4n) is 3.08. The summed E-state index contributed by atoms with van der Waals surface area (Å²) in [4.78, 5) is 14.6. The van der Waals surface area contributed by atoms with E-state index in [4.69, 9.17) is 5.41 Å². The largest absolute Gasteiger partial charge is 0.434 e. The Morgan fingerprint density at radius 3 is 2.09 bits per heavy atom. The molecule has 1 aliphatic rings. The molecule has 0 radical (unpaired) electrons. The maximum atomic E-state index is 12.6. The van der Waals surface area contributed by atoms with Crippen LogP contribution in [0.1, 0.15) is 19.4 Å². The van der Waals surface area contributed by atoms with Gasteiger partial charge >= 0.3 is 18.4 Å². The van der Waals surface area contributed by atoms with Crippen molar-refractivity contribution < 1.29 is 35.9 Å². The van der Waals surface area contributed by atoms with Crippen molar-refractivity contribution in [1.29, 1.82) is 5.41 Å². The van der Waals surface area contributed by atoms with Crippen molar-refractivity contribution in [3.05, 3.63) is 47.7 Å². The van der Waals surface area contributed by atoms with Crippen LogP contribution in [-0.4, -0.2) is 78.8 Å². The Balaban J connectivity index is 2.01. The zero-order chi connectivity index (χ0) is 24.8. The predicted octanol–water partition coefficient (Wildman–Crippen LogP) is 4.18. The summed E-state index contributed by atoms with van der Waals surface area (Å²) in [5, 5.41) is 11.7. The molecule has 2 rings (SSSR count). The van der Waals surface area contributed by atoms with Gasteiger partial charge in [-0.3, -0.25) is 10.3 Å². The summed E-state index contributed by atoms with van der Waals surface area (Å²) < 4.78 is 79.6. The topological polar surface area (TPSA) is 68.7 Å². The number of benzene rings is 1. The predicted molar refractivity (Wildman–Crippen MR) is 110 cm³/mol. The van der Waals surface area contributed by atoms with Crippen LogP contribution in [0.3, 0.4) is 0 Å². The molecule has 0 aliphatic carbocycles. The quantitative estimate of drug-likeness (QED) is 0.454. The first-order valence-electron chi connectivity index (χ1n) is 10.2. The number of rotatable bonds is 7. The Hall–Kier alpha value is -2.76. The lowest BCUT2D eigenvalue weighted by molar-refractivity contribution is -0.308. The van der Waals surface area contributed by atoms with Crippen molar-refractivity contribution >= 4 is 11.8 Å². The van der Waals surface area contributed by atoms with Crippen LogP contribution in [-0.2, 0) is 4.74 Å². The average Bonchev–Trinajstić information content (AvgIpc) is 2.73. The molecular formula is C21H26F6N4O2. The second-order valence-electron chi connectivity index (χ2n) is 7.84. The van der Waals surface area contributed by atoms with E-state index in [0.717, 1.165) is 4.90 Å². The Bertz CT molecular complexity index is 817. The third-order valence-electron chi connectivity index (χ3n) is 4.81. The van der Waals surface area contributed by atoms with Gasteiger partial charge in [-0.2, -0.15) is 26.3 Å². The van der Waals surface area contributed by atoms with E-state index < -0.39 is 24.5 Å². The molecule has 2 N–H and O–H groups in total. The van der Waals surface area contributed by atoms with Crippen LogP contribution in [0.4, 0.5) is 31.1 Å². The first-order chi connectivity index (χ1) is 15.3. The summed E-state index contributed by atoms with van der Waals surface area (Å²) in [6, 6.07) is 9.13. The Morgan fingerprint density at radius 2 is 1.61 bits per heavy atom. The molecule has 0 saturated carbocycles. The Morgan fingerprint density at radius 1 is 1.06 bits per heavy atom. The minimum absolute atomic E-state index is 0.106. The summed E-state index contributed by atoms with van der Waals surface area (Å²) >= 11 is 0. The van der Waals surface area contributed by atoms with Gasteiger partial charge < -0.3 is 15.0 Å². The number of nitrogens with one attached hydrogen (secondary N) is 2. The van der Waals surface area contributed by atoms with E-state index in [1.165, 1.54) is 0 Å². The van der Waals surface area contributed by atoms with Crippen LogP contribution in [0.15, 0.2) is 42.1 Å². The van der Waals surface area contributed by atoms with Crippen LogP contribution in [0.2, 0.25) is 0 Å². The van der Waals surface area contributed by atoms with Gasteiger partial charge in [0.2, 0.25) is 0 Å². The number of halogens is 6. The second-order valence-corrected chi connectivity index (χ2v) is 7.84. The summed E-state index contributed by atoms with van der Waals surface area (Å²) in [7, 11) is 0. The molecule has 0 bridgehead atoms. The number of nitrogens with zero attached hydrogens (tertiary/aromatic N) is 2. The first kappa shape index (κ1) is 26.5. The van der Waals surface area contributed by atoms with Gasteiger partial charge in [0.1, 0.15) is 0 Å². The normalized spacial score (nSPS) is 16.3. The standard InChI is InChI=1S/C21H26F6N4O2/c1-14(2)29-12-16(17(28)15-6-4-3-5-7-15)13-30-8-10-31(11-9-30)19(32)33-18(20(22,23)24)21(25,26)27/h3-7,12,14,18,28-29H,8-11,13H2,1-2H3/b16-12-,28-17?. The third kappa shape index (κ3) is 7.95. The van der Waals surface area contributed by atoms with Crippen LogP contribution in [0.5, 0.6) is 0 Å². The van der Waals surface area contributed by atoms with Gasteiger partial charge in [0, 0.05) is 50.5 Å². The fraction of sp³-hybridized carbons (Fsp3) is 0.524. The Kier molecular flexibility index (Phi) is 8.76. The molecule has 1 aliphatic heterocycles. The number of ether oxygens (including phenoxy) is 1. The van der Waals surface area contributed by atoms with Crippen molar-refractivity contribution in [2.45, 2.75) is 38.3 Å². The molecule has 1 heterocycles. The second kappa shape index (κ2) is 10.9. The highest BCUT2D eigenvalue weighted by molar-refractivity contribution is 6.10. The van der Waals surface area contributed by atoms with Gasteiger partial charge in [0.15, 0.2) is 0 Å². The number of carbonyl (C=O) groups excluding carboxylic acids is 1. The molecule has 0 spiro atoms. The molecule has 33 heavy (non-hydrogen) atoms. The van der Waals surface area contributed by atoms with Crippen LogP contribution in [0.25, 0.3) is 0 Å². The molecule has 1 aromatic carbocycles. The van der Waals surface area contributed by atoms with E-state index >= 15 is 0 Å². The number of alkyl halides is 6. The van der Waals surface area contributed by atoms with Crippen LogP contribution >= 0.6 is 0 Å². The number of hydrogen-bond donors (Lipinski definition) is 2. The average molecular weight is 480 g/mol. The van der Waals surface area contributed by atoms with Crippen molar-refractivity contribution in [3.8, 4) is 0 Å². The molecule has 12 heteroatoms. The minimum Gasteiger partial charge on any atom is -0.426 e. The number of piperazine rings is 1. The maximum absolute atomic E-state index is 12.6. The van der Waals surface area contributed by atoms with Crippen LogP contribution in [0, 0.1) is 5.41 Å². The molecule has 6 nitrogen and oxygen atoms in total. The maximum Gasteiger partial charge on any atom is 0.434 e. The van der Waals surface area contributed by atoms with E-state index in [1.54, 1.807) is 30.5 Å². The molecule has 0 aromatic heterocycles. The van der Waals surface area contributed by atoms with Gasteiger partial charge in [-0.15, -0.1) is 0 Å². The van der Waals surface area contributed by atoms with Gasteiger partial charge in [-0.1, -0.05) is 30.3 Å². The zero-order valence-electron chi connectivity index (χ0n) is 18.1. The molecule has 0 atom stereocenters. The molecule has 0 unspecified atom stereocenters. The molecule has 1 aromatic rings. The van der Waals surface area contributed by atoms with Gasteiger partial charge in [-0.25, -0.2) is 4.79 Å². The summed E-state index contributed by atoms with van der Waals surface area (Å²) in [6.07, 6.45) is -15.6. The van der Waals surface area contributed by atoms with Crippen LogP contribution < -0.4 is 5.32 Å². The summed E-state index contributed by atoms with van der Waals surface area (Å²) in [5.74, 6) is 0. The summed E-state index contributed by atoms with van der Waals surface area (Å²) in [5.41, 5.74) is 1.63. The van der Waals surface area contributed by atoms with Gasteiger partial charge in [0.25, 0.3) is 6.10 Å². The van der Waals surface area contributed by atoms with Gasteiger partial charge in [0.05, 0.1) is 5.71 Å². The summed E-state index contributed by atoms with van der Waals surface area (Å²) in [6.45, 7) is 4.34. The number of amides is 1. The fourth-order valence-corrected chi connectivity index (χ4v) is 3.08. The minimum atomic E-state index is -5.75. The van der Waals surface area contributed by atoms with Crippen molar-refractivity contribution in [2.75, 3.05) is 32.7 Å². The highest BCUT2D eigenvalue weighted by Gasteiger charge is 2.60. The molecule has 1 fully saturated rings. The smallest absolute Gasteiger partial charge is 0.426 e. The highest BCUT2D eigenvalue weighted by atomic mass is 19.4. The van der Waals surface area contributed by atoms with E-state index in [-0.39, 0.29) is 37.9 Å². The third-order valence-corrected chi connectivity index (χ3v) is 4.81. The number of carbonyl (C=O) groups is 1. The van der Waals surface area contributed by atoms with E-state index in [2.05, 4.69) is 10.1 Å². The lowest BCUT2D eigenvalue weighted by atomic mass is 10.0. The van der Waals surface area contributed by atoms with E-state index in [1.807, 2.05) is 24.8 Å². The van der Waals surface area contributed by atoms with Crippen molar-refractivity contribution in [3.63, 3.8) is 0 Å². The van der Waals surface area contributed by atoms with E-state index in [9.17, 15) is 31.1 Å². The lowest BCUT2D eigenvalue weighted by Crippen LogP contribution is -2.53. The molecular weight excluding hydrogens is 454 g/mol. The first-order valence-corrected chi connectivity index (χ1v) is 10.2. The van der Waals surface area contributed by atoms with Crippen molar-refractivity contribution in [2.24, 2.45) is 0 Å². The van der Waals surface area contributed by atoms with E-state index in [0.29, 0.717) is 17.7 Å². The van der Waals surface area contributed by atoms with Gasteiger partial charge in [-0.05, 0) is 19.4 Å². The molecule has 1 saturated heterocycles. The Labute approximate surface area is 187 Å². The highest BCUT2D eigenvalue weighted by Crippen LogP contribution is 2.36. The molecule has 1 amide bonds.